The highest BCUT2D eigenvalue weighted by atomic mass is 16.5. The van der Waals surface area contributed by atoms with Gasteiger partial charge in [0.05, 0.1) is 12.6 Å². The van der Waals surface area contributed by atoms with Gasteiger partial charge in [0.25, 0.3) is 11.8 Å². The molecule has 12 heavy (non-hydrogen) atoms. The molecule has 64 valence electrons. The van der Waals surface area contributed by atoms with Crippen molar-refractivity contribution in [3.8, 4) is 0 Å². The highest BCUT2D eigenvalue weighted by molar-refractivity contribution is 6.13. The van der Waals surface area contributed by atoms with Crippen molar-refractivity contribution in [2.24, 2.45) is 0 Å². The Morgan fingerprint density at radius 3 is 2.50 bits per heavy atom. The molecule has 2 aliphatic rings. The summed E-state index contributed by atoms with van der Waals surface area (Å²) in [6.07, 6.45) is 3.38. The molecule has 2 aliphatic heterocycles. The summed E-state index contributed by atoms with van der Waals surface area (Å²) >= 11 is 0. The number of ether oxygens (including phenoxy) is 1. The summed E-state index contributed by atoms with van der Waals surface area (Å²) in [6, 6.07) is -0.0417. The molecule has 0 spiro atoms. The zero-order valence-electron chi connectivity index (χ0n) is 6.53. The smallest absolute Gasteiger partial charge is 0.253 e. The predicted octanol–water partition coefficient (Wildman–Crippen LogP) is -0.300. The SMILES string of the molecule is O=C1C=CC(=O)N1C1CCOC1. The van der Waals surface area contributed by atoms with Crippen molar-refractivity contribution >= 4 is 11.8 Å². The van der Waals surface area contributed by atoms with Crippen LogP contribution in [0.1, 0.15) is 6.42 Å². The van der Waals surface area contributed by atoms with Gasteiger partial charge >= 0.3 is 0 Å². The van der Waals surface area contributed by atoms with Gasteiger partial charge in [-0.25, -0.2) is 0 Å². The monoisotopic (exact) mass is 167 g/mol. The lowest BCUT2D eigenvalue weighted by Gasteiger charge is -2.19. The lowest BCUT2D eigenvalue weighted by Crippen LogP contribution is -2.40. The van der Waals surface area contributed by atoms with E-state index in [-0.39, 0.29) is 17.9 Å². The van der Waals surface area contributed by atoms with E-state index in [1.54, 1.807) is 0 Å². The zero-order valence-corrected chi connectivity index (χ0v) is 6.53. The van der Waals surface area contributed by atoms with Crippen LogP contribution in [0.15, 0.2) is 12.2 Å². The molecular weight excluding hydrogens is 158 g/mol. The Morgan fingerprint density at radius 1 is 1.33 bits per heavy atom. The molecule has 2 amide bonds. The van der Waals surface area contributed by atoms with Gasteiger partial charge in [-0.2, -0.15) is 0 Å². The Bertz CT molecular complexity index is 235. The van der Waals surface area contributed by atoms with Crippen LogP contribution in [0.5, 0.6) is 0 Å². The third-order valence-electron chi connectivity index (χ3n) is 2.11. The number of hydrogen-bond acceptors (Lipinski definition) is 3. The van der Waals surface area contributed by atoms with E-state index in [0.717, 1.165) is 6.42 Å². The van der Waals surface area contributed by atoms with Crippen LogP contribution in [-0.4, -0.2) is 36.0 Å². The van der Waals surface area contributed by atoms with Gasteiger partial charge in [0.2, 0.25) is 0 Å². The van der Waals surface area contributed by atoms with Crippen LogP contribution in [-0.2, 0) is 14.3 Å². The Balaban J connectivity index is 2.12. The van der Waals surface area contributed by atoms with Crippen LogP contribution < -0.4 is 0 Å². The Labute approximate surface area is 69.8 Å². The number of carbonyl (C=O) groups is 2. The van der Waals surface area contributed by atoms with Crippen molar-refractivity contribution < 1.29 is 14.3 Å². The maximum absolute atomic E-state index is 11.1. The number of rotatable bonds is 1. The molecular formula is C8H9NO3. The van der Waals surface area contributed by atoms with E-state index in [4.69, 9.17) is 4.74 Å². The molecule has 0 N–H and O–H groups in total. The Hall–Kier alpha value is -1.16. The van der Waals surface area contributed by atoms with E-state index in [1.807, 2.05) is 0 Å². The van der Waals surface area contributed by atoms with Crippen molar-refractivity contribution in [1.29, 1.82) is 0 Å². The van der Waals surface area contributed by atoms with Gasteiger partial charge in [-0.1, -0.05) is 0 Å². The van der Waals surface area contributed by atoms with Gasteiger partial charge in [0, 0.05) is 18.8 Å². The number of carbonyl (C=O) groups excluding carboxylic acids is 2. The zero-order chi connectivity index (χ0) is 8.55. The standard InChI is InChI=1S/C8H9NO3/c10-7-1-2-8(11)9(7)6-3-4-12-5-6/h1-2,6H,3-5H2. The highest BCUT2D eigenvalue weighted by Gasteiger charge is 2.33. The summed E-state index contributed by atoms with van der Waals surface area (Å²) in [4.78, 5) is 23.5. The first-order valence-electron chi connectivity index (χ1n) is 3.92. The summed E-state index contributed by atoms with van der Waals surface area (Å²) in [5.74, 6) is -0.425. The second kappa shape index (κ2) is 2.71. The van der Waals surface area contributed by atoms with Gasteiger partial charge in [-0.3, -0.25) is 14.5 Å². The van der Waals surface area contributed by atoms with Crippen molar-refractivity contribution in [2.75, 3.05) is 13.2 Å². The average molecular weight is 167 g/mol. The molecule has 0 aromatic carbocycles. The first-order valence-corrected chi connectivity index (χ1v) is 3.92. The molecule has 0 radical (unpaired) electrons. The largest absolute Gasteiger partial charge is 0.379 e. The number of hydrogen-bond donors (Lipinski definition) is 0. The van der Waals surface area contributed by atoms with E-state index in [2.05, 4.69) is 0 Å². The lowest BCUT2D eigenvalue weighted by atomic mass is 10.2. The summed E-state index contributed by atoms with van der Waals surface area (Å²) in [7, 11) is 0. The predicted molar refractivity (Wildman–Crippen MR) is 40.2 cm³/mol. The summed E-state index contributed by atoms with van der Waals surface area (Å²) < 4.78 is 5.09. The number of nitrogens with zero attached hydrogens (tertiary/aromatic N) is 1. The maximum atomic E-state index is 11.1. The minimum absolute atomic E-state index is 0.0417. The molecule has 4 nitrogen and oxygen atoms in total. The topological polar surface area (TPSA) is 46.6 Å². The molecule has 1 saturated heterocycles. The molecule has 0 aromatic heterocycles. The van der Waals surface area contributed by atoms with Crippen LogP contribution in [0.2, 0.25) is 0 Å². The first kappa shape index (κ1) is 7.49. The number of imide groups is 1. The van der Waals surface area contributed by atoms with E-state index in [1.165, 1.54) is 17.1 Å². The second-order valence-corrected chi connectivity index (χ2v) is 2.90. The molecule has 0 aliphatic carbocycles. The molecule has 0 bridgehead atoms. The molecule has 2 rings (SSSR count). The highest BCUT2D eigenvalue weighted by Crippen LogP contribution is 2.16. The van der Waals surface area contributed by atoms with Gasteiger partial charge in [-0.15, -0.1) is 0 Å². The minimum Gasteiger partial charge on any atom is -0.379 e. The van der Waals surface area contributed by atoms with E-state index < -0.39 is 0 Å². The molecule has 0 aromatic rings. The maximum Gasteiger partial charge on any atom is 0.253 e. The van der Waals surface area contributed by atoms with Gasteiger partial charge in [-0.05, 0) is 6.42 Å². The van der Waals surface area contributed by atoms with Crippen molar-refractivity contribution in [1.82, 2.24) is 4.90 Å². The fraction of sp³-hybridized carbons (Fsp3) is 0.500. The van der Waals surface area contributed by atoms with E-state index in [9.17, 15) is 9.59 Å². The third-order valence-corrected chi connectivity index (χ3v) is 2.11. The summed E-state index contributed by atoms with van der Waals surface area (Å²) in [5, 5.41) is 0. The van der Waals surface area contributed by atoms with Gasteiger partial charge in [0.1, 0.15) is 0 Å². The second-order valence-electron chi connectivity index (χ2n) is 2.90. The summed E-state index contributed by atoms with van der Waals surface area (Å²) in [5.41, 5.74) is 0. The van der Waals surface area contributed by atoms with Crippen molar-refractivity contribution in [3.05, 3.63) is 12.2 Å². The molecule has 1 atom stereocenters. The average Bonchev–Trinajstić information content (AvgIpc) is 2.61. The molecule has 0 saturated carbocycles. The minimum atomic E-state index is -0.212. The van der Waals surface area contributed by atoms with Crippen LogP contribution >= 0.6 is 0 Å². The molecule has 1 fully saturated rings. The summed E-state index contributed by atoms with van der Waals surface area (Å²) in [6.45, 7) is 1.13. The van der Waals surface area contributed by atoms with Crippen LogP contribution in [0.25, 0.3) is 0 Å². The number of amides is 2. The van der Waals surface area contributed by atoms with E-state index in [0.29, 0.717) is 13.2 Å². The third kappa shape index (κ3) is 1.04. The fourth-order valence-electron chi connectivity index (χ4n) is 1.50. The Kier molecular flexibility index (Phi) is 1.69. The quantitative estimate of drug-likeness (QED) is 0.504. The fourth-order valence-corrected chi connectivity index (χ4v) is 1.50. The normalized spacial score (nSPS) is 29.0. The van der Waals surface area contributed by atoms with Gasteiger partial charge < -0.3 is 4.74 Å². The van der Waals surface area contributed by atoms with Gasteiger partial charge in [0.15, 0.2) is 0 Å². The molecule has 4 heteroatoms. The molecule has 1 unspecified atom stereocenters. The first-order chi connectivity index (χ1) is 5.79. The van der Waals surface area contributed by atoms with Crippen molar-refractivity contribution in [3.63, 3.8) is 0 Å². The van der Waals surface area contributed by atoms with Crippen LogP contribution in [0, 0.1) is 0 Å². The lowest BCUT2D eigenvalue weighted by molar-refractivity contribution is -0.139. The van der Waals surface area contributed by atoms with Crippen LogP contribution in [0.4, 0.5) is 0 Å². The van der Waals surface area contributed by atoms with Crippen LogP contribution in [0.3, 0.4) is 0 Å². The molecule has 2 heterocycles. The van der Waals surface area contributed by atoms with E-state index >= 15 is 0 Å². The Morgan fingerprint density at radius 2 is 2.00 bits per heavy atom. The van der Waals surface area contributed by atoms with Crippen molar-refractivity contribution in [2.45, 2.75) is 12.5 Å².